The van der Waals surface area contributed by atoms with Crippen LogP contribution in [0.2, 0.25) is 0 Å². The molecule has 1 amide bonds. The van der Waals surface area contributed by atoms with E-state index >= 15 is 0 Å². The van der Waals surface area contributed by atoms with Gasteiger partial charge in [-0.1, -0.05) is 0 Å². The van der Waals surface area contributed by atoms with Crippen LogP contribution in [0.3, 0.4) is 0 Å². The molecule has 0 bridgehead atoms. The largest absolute Gasteiger partial charge is 0.349 e. The second kappa shape index (κ2) is 5.06. The van der Waals surface area contributed by atoms with Crippen molar-refractivity contribution in [2.24, 2.45) is 0 Å². The van der Waals surface area contributed by atoms with E-state index in [-0.39, 0.29) is 11.9 Å². The minimum Gasteiger partial charge on any atom is -0.349 e. The number of aryl methyl sites for hydroxylation is 1. The minimum atomic E-state index is -0.902. The van der Waals surface area contributed by atoms with Gasteiger partial charge in [0.1, 0.15) is 0 Å². The molecule has 0 spiro atoms. The molecule has 0 aromatic carbocycles. The molecule has 0 aliphatic heterocycles. The molecular formula is C9H15N3O2S. The monoisotopic (exact) mass is 229 g/mol. The zero-order valence-electron chi connectivity index (χ0n) is 9.03. The lowest BCUT2D eigenvalue weighted by atomic mass is 10.2. The van der Waals surface area contributed by atoms with Crippen molar-refractivity contribution >= 4 is 16.7 Å². The lowest BCUT2D eigenvalue weighted by Crippen LogP contribution is -2.36. The average molecular weight is 229 g/mol. The first kappa shape index (κ1) is 11.9. The highest BCUT2D eigenvalue weighted by Crippen LogP contribution is 2.02. The molecule has 15 heavy (non-hydrogen) atoms. The molecule has 5 nitrogen and oxygen atoms in total. The van der Waals surface area contributed by atoms with Crippen molar-refractivity contribution in [2.45, 2.75) is 19.9 Å². The summed E-state index contributed by atoms with van der Waals surface area (Å²) in [5, 5.41) is 9.22. The summed E-state index contributed by atoms with van der Waals surface area (Å²) >= 11 is 0. The number of rotatable bonds is 4. The van der Waals surface area contributed by atoms with E-state index in [9.17, 15) is 9.00 Å². The Labute approximate surface area is 91.1 Å². The number of carbonyl (C=O) groups is 1. The van der Waals surface area contributed by atoms with Crippen LogP contribution in [0.15, 0.2) is 6.20 Å². The third-order valence-electron chi connectivity index (χ3n) is 1.94. The van der Waals surface area contributed by atoms with Gasteiger partial charge in [0, 0.05) is 34.5 Å². The number of aromatic nitrogens is 2. The van der Waals surface area contributed by atoms with Crippen LogP contribution in [-0.4, -0.2) is 38.4 Å². The quantitative estimate of drug-likeness (QED) is 0.775. The smallest absolute Gasteiger partial charge is 0.254 e. The summed E-state index contributed by atoms with van der Waals surface area (Å²) < 4.78 is 10.9. The van der Waals surface area contributed by atoms with E-state index in [0.717, 1.165) is 5.69 Å². The number of amides is 1. The standard InChI is InChI=1S/C9H15N3O2S/c1-6(5-15(3)14)11-9(13)8-4-10-12-7(8)2/h4,6H,5H2,1-3H3,(H,10,12)(H,11,13). The van der Waals surface area contributed by atoms with E-state index in [1.54, 1.807) is 13.2 Å². The summed E-state index contributed by atoms with van der Waals surface area (Å²) in [6.07, 6.45) is 3.10. The first-order chi connectivity index (χ1) is 7.00. The van der Waals surface area contributed by atoms with Gasteiger partial charge in [0.05, 0.1) is 11.8 Å². The van der Waals surface area contributed by atoms with Crippen LogP contribution < -0.4 is 5.32 Å². The fourth-order valence-electron chi connectivity index (χ4n) is 1.27. The first-order valence-electron chi connectivity index (χ1n) is 4.61. The van der Waals surface area contributed by atoms with Crippen molar-refractivity contribution in [1.82, 2.24) is 15.5 Å². The topological polar surface area (TPSA) is 74.8 Å². The van der Waals surface area contributed by atoms with Crippen LogP contribution in [0.1, 0.15) is 23.0 Å². The molecule has 0 aliphatic carbocycles. The molecule has 0 saturated heterocycles. The third-order valence-corrected chi connectivity index (χ3v) is 2.91. The predicted molar refractivity (Wildman–Crippen MR) is 59.2 cm³/mol. The third kappa shape index (κ3) is 3.47. The Kier molecular flexibility index (Phi) is 4.02. The van der Waals surface area contributed by atoms with Gasteiger partial charge in [0.15, 0.2) is 0 Å². The maximum absolute atomic E-state index is 11.6. The summed E-state index contributed by atoms with van der Waals surface area (Å²) in [5.41, 5.74) is 1.26. The van der Waals surface area contributed by atoms with Crippen molar-refractivity contribution in [3.63, 3.8) is 0 Å². The summed E-state index contributed by atoms with van der Waals surface area (Å²) in [4.78, 5) is 11.6. The second-order valence-electron chi connectivity index (χ2n) is 3.52. The Hall–Kier alpha value is -1.17. The van der Waals surface area contributed by atoms with Gasteiger partial charge in [-0.05, 0) is 13.8 Å². The Balaban J connectivity index is 2.56. The zero-order chi connectivity index (χ0) is 11.4. The summed E-state index contributed by atoms with van der Waals surface area (Å²) in [6, 6.07) is -0.0994. The number of H-pyrrole nitrogens is 1. The van der Waals surface area contributed by atoms with Gasteiger partial charge in [-0.15, -0.1) is 0 Å². The van der Waals surface area contributed by atoms with Crippen molar-refractivity contribution in [1.29, 1.82) is 0 Å². The normalized spacial score (nSPS) is 14.6. The number of nitrogens with zero attached hydrogens (tertiary/aromatic N) is 1. The van der Waals surface area contributed by atoms with Crippen molar-refractivity contribution in [3.8, 4) is 0 Å². The van der Waals surface area contributed by atoms with Gasteiger partial charge < -0.3 is 5.32 Å². The average Bonchev–Trinajstić information content (AvgIpc) is 2.49. The summed E-state index contributed by atoms with van der Waals surface area (Å²) in [5.74, 6) is 0.280. The Bertz CT molecular complexity index is 375. The molecule has 1 aromatic heterocycles. The molecule has 0 saturated carbocycles. The fraction of sp³-hybridized carbons (Fsp3) is 0.556. The molecule has 2 unspecified atom stereocenters. The van der Waals surface area contributed by atoms with E-state index in [0.29, 0.717) is 11.3 Å². The lowest BCUT2D eigenvalue weighted by Gasteiger charge is -2.11. The molecule has 1 aromatic rings. The maximum Gasteiger partial charge on any atom is 0.254 e. The highest BCUT2D eigenvalue weighted by atomic mass is 32.2. The SMILES string of the molecule is Cc1[nH]ncc1C(=O)NC(C)CS(C)=O. The molecule has 1 heterocycles. The Morgan fingerprint density at radius 1 is 1.73 bits per heavy atom. The molecule has 2 atom stereocenters. The van der Waals surface area contributed by atoms with Crippen molar-refractivity contribution in [3.05, 3.63) is 17.5 Å². The van der Waals surface area contributed by atoms with Gasteiger partial charge in [-0.25, -0.2) is 0 Å². The number of aromatic amines is 1. The van der Waals surface area contributed by atoms with E-state index in [2.05, 4.69) is 15.5 Å². The maximum atomic E-state index is 11.6. The van der Waals surface area contributed by atoms with E-state index < -0.39 is 10.8 Å². The Morgan fingerprint density at radius 3 is 2.87 bits per heavy atom. The highest BCUT2D eigenvalue weighted by Gasteiger charge is 2.13. The van der Waals surface area contributed by atoms with Crippen LogP contribution in [0.25, 0.3) is 0 Å². The predicted octanol–water partition coefficient (Wildman–Crippen LogP) is 0.215. The number of hydrogen-bond donors (Lipinski definition) is 2. The van der Waals surface area contributed by atoms with Crippen molar-refractivity contribution < 1.29 is 9.00 Å². The minimum absolute atomic E-state index is 0.0994. The highest BCUT2D eigenvalue weighted by molar-refractivity contribution is 7.84. The van der Waals surface area contributed by atoms with Gasteiger partial charge in [0.25, 0.3) is 5.91 Å². The molecule has 0 radical (unpaired) electrons. The van der Waals surface area contributed by atoms with Gasteiger partial charge in [-0.2, -0.15) is 5.10 Å². The second-order valence-corrected chi connectivity index (χ2v) is 5.00. The molecule has 0 aliphatic rings. The van der Waals surface area contributed by atoms with E-state index in [1.807, 2.05) is 6.92 Å². The number of hydrogen-bond acceptors (Lipinski definition) is 3. The number of carbonyl (C=O) groups excluding carboxylic acids is 1. The summed E-state index contributed by atoms with van der Waals surface area (Å²) in [6.45, 7) is 3.61. The van der Waals surface area contributed by atoms with Crippen LogP contribution in [0.5, 0.6) is 0 Å². The molecule has 0 fully saturated rings. The van der Waals surface area contributed by atoms with Crippen LogP contribution in [0.4, 0.5) is 0 Å². The zero-order valence-corrected chi connectivity index (χ0v) is 9.85. The van der Waals surface area contributed by atoms with E-state index in [4.69, 9.17) is 0 Å². The van der Waals surface area contributed by atoms with Gasteiger partial charge >= 0.3 is 0 Å². The molecule has 2 N–H and O–H groups in total. The molecule has 84 valence electrons. The van der Waals surface area contributed by atoms with Gasteiger partial charge in [-0.3, -0.25) is 14.1 Å². The van der Waals surface area contributed by atoms with Crippen LogP contribution >= 0.6 is 0 Å². The number of nitrogens with one attached hydrogen (secondary N) is 2. The van der Waals surface area contributed by atoms with E-state index in [1.165, 1.54) is 6.20 Å². The van der Waals surface area contributed by atoms with Crippen LogP contribution in [-0.2, 0) is 10.8 Å². The molecule has 6 heteroatoms. The first-order valence-corrected chi connectivity index (χ1v) is 6.34. The van der Waals surface area contributed by atoms with Crippen molar-refractivity contribution in [2.75, 3.05) is 12.0 Å². The molecule has 1 rings (SSSR count). The fourth-order valence-corrected chi connectivity index (χ4v) is 2.06. The lowest BCUT2D eigenvalue weighted by molar-refractivity contribution is 0.0943. The Morgan fingerprint density at radius 2 is 2.40 bits per heavy atom. The molecular weight excluding hydrogens is 214 g/mol. The summed E-state index contributed by atoms with van der Waals surface area (Å²) in [7, 11) is -0.902. The van der Waals surface area contributed by atoms with Gasteiger partial charge in [0.2, 0.25) is 0 Å². The van der Waals surface area contributed by atoms with Crippen LogP contribution in [0, 0.1) is 6.92 Å².